The third-order valence-electron chi connectivity index (χ3n) is 5.71. The van der Waals surface area contributed by atoms with Crippen LogP contribution in [0.4, 0.5) is 20.7 Å². The van der Waals surface area contributed by atoms with E-state index in [4.69, 9.17) is 5.10 Å². The molecule has 0 atom stereocenters. The monoisotopic (exact) mass is 493 g/mol. The van der Waals surface area contributed by atoms with Crippen molar-refractivity contribution in [1.29, 1.82) is 0 Å². The zero-order chi connectivity index (χ0) is 26.5. The molecule has 2 aromatic carbocycles. The predicted octanol–water partition coefficient (Wildman–Crippen LogP) is 6.14. The molecule has 36 heavy (non-hydrogen) atoms. The first kappa shape index (κ1) is 26.9. The van der Waals surface area contributed by atoms with Gasteiger partial charge in [-0.2, -0.15) is 5.10 Å². The van der Waals surface area contributed by atoms with Gasteiger partial charge in [0.25, 0.3) is 0 Å². The lowest BCUT2D eigenvalue weighted by Crippen LogP contribution is -2.41. The zero-order valence-corrected chi connectivity index (χ0v) is 21.9. The average Bonchev–Trinajstić information content (AvgIpc) is 3.22. The van der Waals surface area contributed by atoms with Crippen molar-refractivity contribution in [3.05, 3.63) is 71.7 Å². The number of anilines is 2. The first-order chi connectivity index (χ1) is 16.9. The van der Waals surface area contributed by atoms with Crippen LogP contribution in [0, 0.1) is 18.7 Å². The van der Waals surface area contributed by atoms with E-state index in [1.165, 1.54) is 17.0 Å². The Morgan fingerprint density at radius 2 is 1.78 bits per heavy atom. The fraction of sp³-hybridized carbons (Fsp3) is 0.393. The molecule has 0 saturated carbocycles. The van der Waals surface area contributed by atoms with Crippen LogP contribution in [-0.2, 0) is 10.2 Å². The molecule has 0 fully saturated rings. The number of nitrogens with zero attached hydrogens (tertiary/aromatic N) is 3. The van der Waals surface area contributed by atoms with Gasteiger partial charge < -0.3 is 15.5 Å². The van der Waals surface area contributed by atoms with E-state index in [0.29, 0.717) is 24.7 Å². The van der Waals surface area contributed by atoms with Crippen molar-refractivity contribution in [2.75, 3.05) is 23.7 Å². The second-order valence-corrected chi connectivity index (χ2v) is 10.5. The SMILES string of the molecule is Cc1cccc(-n2nc(C(C)(C)C)cc2NC(=O)CN(CCC(C)C)C(=O)Nc2ccccc2F)c1. The molecule has 3 aromatic rings. The molecule has 8 heteroatoms. The first-order valence-corrected chi connectivity index (χ1v) is 12.2. The Balaban J connectivity index is 1.83. The summed E-state index contributed by atoms with van der Waals surface area (Å²) in [7, 11) is 0. The van der Waals surface area contributed by atoms with E-state index in [-0.39, 0.29) is 23.6 Å². The maximum atomic E-state index is 14.1. The van der Waals surface area contributed by atoms with Crippen LogP contribution in [0.2, 0.25) is 0 Å². The fourth-order valence-corrected chi connectivity index (χ4v) is 3.57. The van der Waals surface area contributed by atoms with Crippen LogP contribution >= 0.6 is 0 Å². The number of rotatable bonds is 8. The molecule has 0 radical (unpaired) electrons. The second-order valence-electron chi connectivity index (χ2n) is 10.5. The van der Waals surface area contributed by atoms with Crippen molar-refractivity contribution in [2.24, 2.45) is 5.92 Å². The Hall–Kier alpha value is -3.68. The number of hydrogen-bond donors (Lipinski definition) is 2. The Labute approximate surface area is 212 Å². The number of amides is 3. The number of aryl methyl sites for hydroxylation is 1. The number of carbonyl (C=O) groups is 2. The lowest BCUT2D eigenvalue weighted by Gasteiger charge is -2.23. The van der Waals surface area contributed by atoms with Crippen molar-refractivity contribution >= 4 is 23.4 Å². The van der Waals surface area contributed by atoms with Crippen molar-refractivity contribution < 1.29 is 14.0 Å². The summed E-state index contributed by atoms with van der Waals surface area (Å²) in [4.78, 5) is 27.5. The molecule has 2 N–H and O–H groups in total. The summed E-state index contributed by atoms with van der Waals surface area (Å²) in [5, 5.41) is 10.3. The number of benzene rings is 2. The molecule has 1 heterocycles. The lowest BCUT2D eigenvalue weighted by molar-refractivity contribution is -0.116. The smallest absolute Gasteiger partial charge is 0.315 e. The minimum Gasteiger partial charge on any atom is -0.315 e. The second kappa shape index (κ2) is 11.4. The highest BCUT2D eigenvalue weighted by Crippen LogP contribution is 2.26. The van der Waals surface area contributed by atoms with E-state index in [0.717, 1.165) is 16.9 Å². The summed E-state index contributed by atoms with van der Waals surface area (Å²) in [6, 6.07) is 15.2. The number of urea groups is 1. The van der Waals surface area contributed by atoms with E-state index < -0.39 is 11.8 Å². The molecule has 0 aliphatic rings. The summed E-state index contributed by atoms with van der Waals surface area (Å²) >= 11 is 0. The van der Waals surface area contributed by atoms with Gasteiger partial charge in [0.15, 0.2) is 0 Å². The Morgan fingerprint density at radius 3 is 2.42 bits per heavy atom. The lowest BCUT2D eigenvalue weighted by atomic mass is 9.92. The number of hydrogen-bond acceptors (Lipinski definition) is 3. The minimum absolute atomic E-state index is 0.0739. The van der Waals surface area contributed by atoms with Gasteiger partial charge in [-0.1, -0.05) is 58.9 Å². The average molecular weight is 494 g/mol. The minimum atomic E-state index is -0.532. The molecule has 192 valence electrons. The maximum absolute atomic E-state index is 14.1. The van der Waals surface area contributed by atoms with E-state index >= 15 is 0 Å². The number of para-hydroxylation sites is 1. The van der Waals surface area contributed by atoms with Gasteiger partial charge >= 0.3 is 6.03 Å². The quantitative estimate of drug-likeness (QED) is 0.396. The van der Waals surface area contributed by atoms with Gasteiger partial charge in [0, 0.05) is 18.0 Å². The third kappa shape index (κ3) is 7.16. The molecule has 7 nitrogen and oxygen atoms in total. The number of halogens is 1. The van der Waals surface area contributed by atoms with Crippen LogP contribution in [0.1, 0.15) is 52.3 Å². The molecular weight excluding hydrogens is 457 g/mol. The molecule has 3 rings (SSSR count). The van der Waals surface area contributed by atoms with Crippen LogP contribution in [0.15, 0.2) is 54.6 Å². The summed E-state index contributed by atoms with van der Waals surface area (Å²) in [5.74, 6) is -0.0460. The summed E-state index contributed by atoms with van der Waals surface area (Å²) in [6.07, 6.45) is 0.702. The van der Waals surface area contributed by atoms with Crippen molar-refractivity contribution in [3.63, 3.8) is 0 Å². The molecule has 0 spiro atoms. The Bertz CT molecular complexity index is 1210. The normalized spacial score (nSPS) is 11.4. The van der Waals surface area contributed by atoms with Crippen molar-refractivity contribution in [3.8, 4) is 5.69 Å². The van der Waals surface area contributed by atoms with Crippen LogP contribution in [0.3, 0.4) is 0 Å². The topological polar surface area (TPSA) is 79.3 Å². The zero-order valence-electron chi connectivity index (χ0n) is 21.9. The summed E-state index contributed by atoms with van der Waals surface area (Å²) < 4.78 is 15.8. The summed E-state index contributed by atoms with van der Waals surface area (Å²) in [6.45, 7) is 12.4. The Morgan fingerprint density at radius 1 is 1.06 bits per heavy atom. The largest absolute Gasteiger partial charge is 0.322 e. The molecule has 0 saturated heterocycles. The van der Waals surface area contributed by atoms with E-state index in [2.05, 4.69) is 31.4 Å². The molecule has 1 aromatic heterocycles. The standard InChI is InChI=1S/C28H36FN5O2/c1-19(2)14-15-33(27(36)30-23-13-8-7-12-22(23)29)18-26(35)31-25-17-24(28(4,5)6)32-34(25)21-11-9-10-20(3)16-21/h7-13,16-17,19H,14-15,18H2,1-6H3,(H,30,36)(H,31,35). The summed E-state index contributed by atoms with van der Waals surface area (Å²) in [5.41, 5.74) is 2.58. The van der Waals surface area contributed by atoms with E-state index in [1.54, 1.807) is 16.8 Å². The van der Waals surface area contributed by atoms with Crippen LogP contribution in [0.25, 0.3) is 5.69 Å². The molecule has 0 bridgehead atoms. The molecule has 0 aliphatic carbocycles. The molecule has 0 unspecified atom stereocenters. The highest BCUT2D eigenvalue weighted by molar-refractivity contribution is 5.96. The number of nitrogens with one attached hydrogen (secondary N) is 2. The van der Waals surface area contributed by atoms with Gasteiger partial charge in [0.2, 0.25) is 5.91 Å². The van der Waals surface area contributed by atoms with Gasteiger partial charge in [0.05, 0.1) is 17.1 Å². The van der Waals surface area contributed by atoms with Gasteiger partial charge in [0.1, 0.15) is 18.2 Å². The maximum Gasteiger partial charge on any atom is 0.322 e. The van der Waals surface area contributed by atoms with Gasteiger partial charge in [-0.25, -0.2) is 13.9 Å². The molecular formula is C28H36FN5O2. The molecule has 3 amide bonds. The highest BCUT2D eigenvalue weighted by atomic mass is 19.1. The highest BCUT2D eigenvalue weighted by Gasteiger charge is 2.23. The predicted molar refractivity (Wildman–Crippen MR) is 142 cm³/mol. The fourth-order valence-electron chi connectivity index (χ4n) is 3.57. The first-order valence-electron chi connectivity index (χ1n) is 12.2. The van der Waals surface area contributed by atoms with Crippen molar-refractivity contribution in [2.45, 2.75) is 53.4 Å². The van der Waals surface area contributed by atoms with Crippen LogP contribution in [-0.4, -0.2) is 39.7 Å². The van der Waals surface area contributed by atoms with E-state index in [1.807, 2.05) is 51.1 Å². The van der Waals surface area contributed by atoms with Gasteiger partial charge in [-0.3, -0.25) is 4.79 Å². The van der Waals surface area contributed by atoms with Gasteiger partial charge in [-0.05, 0) is 49.1 Å². The van der Waals surface area contributed by atoms with Gasteiger partial charge in [-0.15, -0.1) is 0 Å². The van der Waals surface area contributed by atoms with E-state index in [9.17, 15) is 14.0 Å². The van der Waals surface area contributed by atoms with Crippen molar-refractivity contribution in [1.82, 2.24) is 14.7 Å². The number of aromatic nitrogens is 2. The molecule has 0 aliphatic heterocycles. The van der Waals surface area contributed by atoms with Crippen LogP contribution in [0.5, 0.6) is 0 Å². The third-order valence-corrected chi connectivity index (χ3v) is 5.71. The van der Waals surface area contributed by atoms with Crippen LogP contribution < -0.4 is 10.6 Å². The number of carbonyl (C=O) groups excluding carboxylic acids is 2. The Kier molecular flexibility index (Phi) is 8.50.